The van der Waals surface area contributed by atoms with Crippen molar-refractivity contribution in [1.29, 1.82) is 0 Å². The normalized spacial score (nSPS) is 17.7. The van der Waals surface area contributed by atoms with Gasteiger partial charge in [-0.1, -0.05) is 25.5 Å². The van der Waals surface area contributed by atoms with Crippen LogP contribution in [0.25, 0.3) is 0 Å². The maximum Gasteiger partial charge on any atom is 0.335 e. The number of carbonyl (C=O) groups is 4. The fraction of sp³-hybridized carbons (Fsp3) is 0.429. The Bertz CT molecular complexity index is 1250. The van der Waals surface area contributed by atoms with Crippen LogP contribution >= 0.6 is 0 Å². The maximum absolute atomic E-state index is 14.3. The van der Waals surface area contributed by atoms with E-state index in [1.807, 2.05) is 18.7 Å². The Morgan fingerprint density at radius 2 is 1.68 bits per heavy atom. The number of hydrogen-bond donors (Lipinski definition) is 2. The Hall–Kier alpha value is -3.95. The fourth-order valence-electron chi connectivity index (χ4n) is 5.32. The summed E-state index contributed by atoms with van der Waals surface area (Å²) in [6.07, 6.45) is 0.766. The molecule has 0 aliphatic carbocycles. The van der Waals surface area contributed by atoms with Gasteiger partial charge in [-0.15, -0.1) is 0 Å². The van der Waals surface area contributed by atoms with Gasteiger partial charge < -0.3 is 25.1 Å². The second-order valence-electron chi connectivity index (χ2n) is 10.5. The number of likely N-dealkylation sites (N-methyl/N-ethyl adjacent to an activating group) is 1. The summed E-state index contributed by atoms with van der Waals surface area (Å²) in [7, 11) is 1.72. The molecule has 9 nitrogen and oxygen atoms in total. The summed E-state index contributed by atoms with van der Waals surface area (Å²) >= 11 is 0. The molecule has 0 bridgehead atoms. The summed E-state index contributed by atoms with van der Waals surface area (Å²) in [5.41, 5.74) is 0.676. The first kappa shape index (κ1) is 27.1. The van der Waals surface area contributed by atoms with Crippen LogP contribution in [0.1, 0.15) is 53.0 Å². The lowest BCUT2D eigenvalue weighted by molar-refractivity contribution is -0.139. The number of carboxylic acids is 1. The van der Waals surface area contributed by atoms with Crippen molar-refractivity contribution in [3.05, 3.63) is 65.0 Å². The first-order valence-electron chi connectivity index (χ1n) is 12.7. The van der Waals surface area contributed by atoms with E-state index in [1.54, 1.807) is 42.0 Å². The van der Waals surface area contributed by atoms with Crippen LogP contribution in [-0.2, 0) is 9.59 Å². The van der Waals surface area contributed by atoms with Crippen molar-refractivity contribution in [1.82, 2.24) is 15.1 Å². The van der Waals surface area contributed by atoms with Crippen molar-refractivity contribution in [2.24, 2.45) is 5.92 Å². The monoisotopic (exact) mass is 524 g/mol. The Balaban J connectivity index is 1.50. The lowest BCUT2D eigenvalue weighted by atomic mass is 9.85. The van der Waals surface area contributed by atoms with Gasteiger partial charge in [0.25, 0.3) is 5.91 Å². The van der Waals surface area contributed by atoms with Crippen LogP contribution in [0.3, 0.4) is 0 Å². The lowest BCUT2D eigenvalue weighted by Gasteiger charge is -2.44. The number of benzene rings is 2. The lowest BCUT2D eigenvalue weighted by Crippen LogP contribution is -2.60. The largest absolute Gasteiger partial charge is 0.478 e. The van der Waals surface area contributed by atoms with Gasteiger partial charge in [-0.3, -0.25) is 14.4 Å². The van der Waals surface area contributed by atoms with E-state index < -0.39 is 29.3 Å². The molecule has 2 saturated heterocycles. The number of anilines is 1. The number of rotatable bonds is 6. The molecule has 0 unspecified atom stereocenters. The number of carbonyl (C=O) groups excluding carboxylic acids is 3. The number of hydrogen-bond acceptors (Lipinski definition) is 5. The van der Waals surface area contributed by atoms with E-state index in [2.05, 4.69) is 5.32 Å². The smallest absolute Gasteiger partial charge is 0.335 e. The van der Waals surface area contributed by atoms with Crippen molar-refractivity contribution in [2.75, 3.05) is 31.7 Å². The van der Waals surface area contributed by atoms with Gasteiger partial charge in [-0.2, -0.15) is 0 Å². The molecule has 2 fully saturated rings. The number of likely N-dealkylation sites (tertiary alicyclic amines) is 1. The van der Waals surface area contributed by atoms with Gasteiger partial charge in [-0.05, 0) is 62.1 Å². The molecule has 38 heavy (non-hydrogen) atoms. The first-order chi connectivity index (χ1) is 17.9. The third-order valence-corrected chi connectivity index (χ3v) is 7.53. The highest BCUT2D eigenvalue weighted by Gasteiger charge is 2.53. The number of aromatic carboxylic acids is 1. The summed E-state index contributed by atoms with van der Waals surface area (Å²) in [4.78, 5) is 56.2. The number of carboxylic acid groups (broad SMARTS) is 1. The predicted octanol–water partition coefficient (Wildman–Crippen LogP) is 2.88. The summed E-state index contributed by atoms with van der Waals surface area (Å²) in [6, 6.07) is 9.84. The molecule has 2 heterocycles. The van der Waals surface area contributed by atoms with E-state index in [-0.39, 0.29) is 28.9 Å². The summed E-state index contributed by atoms with van der Waals surface area (Å²) in [5, 5.41) is 11.9. The minimum Gasteiger partial charge on any atom is -0.478 e. The number of piperidine rings is 1. The summed E-state index contributed by atoms with van der Waals surface area (Å²) < 4.78 is 14.3. The molecule has 3 amide bonds. The van der Waals surface area contributed by atoms with Crippen LogP contribution in [0, 0.1) is 18.7 Å². The first-order valence-corrected chi connectivity index (χ1v) is 12.7. The molecule has 2 aromatic rings. The number of halogens is 1. The highest BCUT2D eigenvalue weighted by Crippen LogP contribution is 2.39. The Morgan fingerprint density at radius 3 is 2.26 bits per heavy atom. The second-order valence-corrected chi connectivity index (χ2v) is 10.5. The maximum atomic E-state index is 14.3. The quantitative estimate of drug-likeness (QED) is 0.602. The van der Waals surface area contributed by atoms with Crippen molar-refractivity contribution in [3.63, 3.8) is 0 Å². The van der Waals surface area contributed by atoms with Crippen molar-refractivity contribution < 1.29 is 28.7 Å². The predicted molar refractivity (Wildman–Crippen MR) is 139 cm³/mol. The molecule has 1 spiro atoms. The third kappa shape index (κ3) is 4.94. The van der Waals surface area contributed by atoms with Gasteiger partial charge in [0, 0.05) is 25.8 Å². The van der Waals surface area contributed by atoms with Gasteiger partial charge in [0.1, 0.15) is 17.4 Å². The molecule has 0 saturated carbocycles. The van der Waals surface area contributed by atoms with Crippen LogP contribution in [0.4, 0.5) is 10.1 Å². The van der Waals surface area contributed by atoms with Crippen LogP contribution in [-0.4, -0.2) is 77.0 Å². The van der Waals surface area contributed by atoms with E-state index in [1.165, 1.54) is 24.3 Å². The molecule has 10 heteroatoms. The molecule has 2 aliphatic rings. The molecule has 202 valence electrons. The highest BCUT2D eigenvalue weighted by atomic mass is 19.1. The van der Waals surface area contributed by atoms with E-state index in [0.717, 1.165) is 11.3 Å². The van der Waals surface area contributed by atoms with E-state index in [0.29, 0.717) is 32.6 Å². The Morgan fingerprint density at radius 1 is 1.05 bits per heavy atom. The molecular weight excluding hydrogens is 491 g/mol. The summed E-state index contributed by atoms with van der Waals surface area (Å²) in [6.45, 7) is 6.36. The molecule has 1 atom stereocenters. The minimum absolute atomic E-state index is 0.0458. The average Bonchev–Trinajstić information content (AvgIpc) is 3.13. The van der Waals surface area contributed by atoms with Gasteiger partial charge in [0.2, 0.25) is 11.8 Å². The summed E-state index contributed by atoms with van der Waals surface area (Å²) in [5.74, 6) is -2.87. The molecule has 2 aliphatic heterocycles. The molecule has 0 aromatic heterocycles. The Labute approximate surface area is 221 Å². The Kier molecular flexibility index (Phi) is 7.44. The zero-order valence-corrected chi connectivity index (χ0v) is 22.0. The van der Waals surface area contributed by atoms with Crippen molar-refractivity contribution >= 4 is 29.4 Å². The van der Waals surface area contributed by atoms with Crippen molar-refractivity contribution in [2.45, 2.75) is 45.2 Å². The number of nitrogens with one attached hydrogen (secondary N) is 1. The van der Waals surface area contributed by atoms with Gasteiger partial charge in [0.15, 0.2) is 0 Å². The number of nitrogens with zero attached hydrogens (tertiary/aromatic N) is 3. The standard InChI is InChI=1S/C28H33FN4O5/c1-17(2)23(30-24(34)21-15-18(3)5-10-22(21)29)25(35)32-13-11-28(12-14-32)27(38)31(4)16-33(28)20-8-6-19(7-9-20)26(36)37/h5-10,15,17,23H,11-14,16H2,1-4H3,(H,30,34)(H,36,37)/t23-/m1/s1. The van der Waals surface area contributed by atoms with Crippen LogP contribution in [0.2, 0.25) is 0 Å². The topological polar surface area (TPSA) is 110 Å². The van der Waals surface area contributed by atoms with Gasteiger partial charge >= 0.3 is 5.97 Å². The highest BCUT2D eigenvalue weighted by molar-refractivity contribution is 5.98. The molecule has 0 radical (unpaired) electrons. The van der Waals surface area contributed by atoms with Gasteiger partial charge in [0.05, 0.1) is 17.8 Å². The molecular formula is C28H33FN4O5. The third-order valence-electron chi connectivity index (χ3n) is 7.53. The average molecular weight is 525 g/mol. The minimum atomic E-state index is -1.02. The van der Waals surface area contributed by atoms with Crippen LogP contribution in [0.5, 0.6) is 0 Å². The fourth-order valence-corrected chi connectivity index (χ4v) is 5.32. The molecule has 2 aromatic carbocycles. The zero-order chi connectivity index (χ0) is 27.8. The van der Waals surface area contributed by atoms with Gasteiger partial charge in [-0.25, -0.2) is 9.18 Å². The van der Waals surface area contributed by atoms with E-state index in [4.69, 9.17) is 0 Å². The molecule has 2 N–H and O–H groups in total. The number of amides is 3. The van der Waals surface area contributed by atoms with Crippen LogP contribution < -0.4 is 10.2 Å². The van der Waals surface area contributed by atoms with Crippen molar-refractivity contribution in [3.8, 4) is 0 Å². The number of aryl methyl sites for hydroxylation is 1. The zero-order valence-electron chi connectivity index (χ0n) is 22.0. The van der Waals surface area contributed by atoms with E-state index in [9.17, 15) is 28.7 Å². The SMILES string of the molecule is Cc1ccc(F)c(C(=O)N[C@@H](C(=O)N2CCC3(CC2)C(=O)N(C)CN3c2ccc(C(=O)O)cc2)C(C)C)c1. The molecule has 4 rings (SSSR count). The van der Waals surface area contributed by atoms with Crippen LogP contribution in [0.15, 0.2) is 42.5 Å². The van der Waals surface area contributed by atoms with E-state index >= 15 is 0 Å². The second kappa shape index (κ2) is 10.4.